The average Bonchev–Trinajstić information content (AvgIpc) is 2.91. The molecular formula is C16H18BrNOS. The zero-order valence-corrected chi connectivity index (χ0v) is 13.8. The molecule has 0 saturated heterocycles. The molecule has 2 nitrogen and oxygen atoms in total. The van der Waals surface area contributed by atoms with E-state index in [1.165, 1.54) is 14.9 Å². The molecule has 1 N–H and O–H groups in total. The predicted octanol–water partition coefficient (Wildman–Crippen LogP) is 4.73. The Morgan fingerprint density at radius 2 is 2.30 bits per heavy atom. The quantitative estimate of drug-likeness (QED) is 0.859. The molecule has 0 radical (unpaired) electrons. The molecule has 0 aliphatic carbocycles. The summed E-state index contributed by atoms with van der Waals surface area (Å²) in [5.74, 6) is 1.63. The molecule has 106 valence electrons. The topological polar surface area (TPSA) is 21.3 Å². The maximum absolute atomic E-state index is 5.75. The first-order chi connectivity index (χ1) is 9.78. The Morgan fingerprint density at radius 3 is 3.05 bits per heavy atom. The van der Waals surface area contributed by atoms with Gasteiger partial charge in [-0.05, 0) is 70.4 Å². The van der Waals surface area contributed by atoms with Gasteiger partial charge in [0, 0.05) is 6.04 Å². The molecule has 1 aromatic heterocycles. The summed E-state index contributed by atoms with van der Waals surface area (Å²) < 4.78 is 6.95. The fraction of sp³-hybridized carbons (Fsp3) is 0.375. The third kappa shape index (κ3) is 2.92. The van der Waals surface area contributed by atoms with Crippen LogP contribution in [0.3, 0.4) is 0 Å². The van der Waals surface area contributed by atoms with Crippen LogP contribution in [-0.4, -0.2) is 13.7 Å². The van der Waals surface area contributed by atoms with Gasteiger partial charge in [-0.25, -0.2) is 0 Å². The Kier molecular flexibility index (Phi) is 4.44. The van der Waals surface area contributed by atoms with Gasteiger partial charge < -0.3 is 10.1 Å². The van der Waals surface area contributed by atoms with Gasteiger partial charge in [0.25, 0.3) is 0 Å². The van der Waals surface area contributed by atoms with E-state index in [0.29, 0.717) is 12.0 Å². The zero-order valence-electron chi connectivity index (χ0n) is 11.4. The maximum atomic E-state index is 5.75. The van der Waals surface area contributed by atoms with Gasteiger partial charge in [0.15, 0.2) is 0 Å². The fourth-order valence-electron chi connectivity index (χ4n) is 2.87. The smallest absolute Gasteiger partial charge is 0.122 e. The Balaban J connectivity index is 1.80. The van der Waals surface area contributed by atoms with Crippen LogP contribution in [-0.2, 0) is 0 Å². The Labute approximate surface area is 132 Å². The standard InChI is InChI=1S/C16H18BrNOS/c1-18-14(12-9-16(17)20-10-12)8-11-6-7-19-15-5-3-2-4-13(11)15/h2-5,9-11,14,18H,6-8H2,1H3. The van der Waals surface area contributed by atoms with E-state index in [1.807, 2.05) is 13.1 Å². The summed E-state index contributed by atoms with van der Waals surface area (Å²) in [6.45, 7) is 0.825. The summed E-state index contributed by atoms with van der Waals surface area (Å²) in [4.78, 5) is 0. The highest BCUT2D eigenvalue weighted by Gasteiger charge is 2.24. The average molecular weight is 352 g/mol. The van der Waals surface area contributed by atoms with Gasteiger partial charge in [-0.15, -0.1) is 11.3 Å². The lowest BCUT2D eigenvalue weighted by atomic mass is 9.86. The summed E-state index contributed by atoms with van der Waals surface area (Å²) in [5, 5.41) is 5.69. The van der Waals surface area contributed by atoms with Crippen LogP contribution in [0.2, 0.25) is 0 Å². The molecule has 3 rings (SSSR count). The van der Waals surface area contributed by atoms with Gasteiger partial charge in [-0.2, -0.15) is 0 Å². The van der Waals surface area contributed by atoms with Crippen LogP contribution in [0.5, 0.6) is 5.75 Å². The van der Waals surface area contributed by atoms with E-state index in [0.717, 1.165) is 25.2 Å². The molecule has 0 spiro atoms. The molecule has 20 heavy (non-hydrogen) atoms. The van der Waals surface area contributed by atoms with Crippen molar-refractivity contribution in [2.75, 3.05) is 13.7 Å². The van der Waals surface area contributed by atoms with E-state index >= 15 is 0 Å². The van der Waals surface area contributed by atoms with Crippen molar-refractivity contribution in [1.29, 1.82) is 0 Å². The summed E-state index contributed by atoms with van der Waals surface area (Å²) in [6, 6.07) is 11.1. The van der Waals surface area contributed by atoms with Gasteiger partial charge >= 0.3 is 0 Å². The van der Waals surface area contributed by atoms with Crippen molar-refractivity contribution in [3.8, 4) is 5.75 Å². The lowest BCUT2D eigenvalue weighted by Crippen LogP contribution is -2.22. The highest BCUT2D eigenvalue weighted by molar-refractivity contribution is 9.11. The van der Waals surface area contributed by atoms with Crippen molar-refractivity contribution in [1.82, 2.24) is 5.32 Å². The molecule has 0 bridgehead atoms. The minimum atomic E-state index is 0.397. The van der Waals surface area contributed by atoms with Gasteiger partial charge in [-0.3, -0.25) is 0 Å². The number of ether oxygens (including phenoxy) is 1. The zero-order chi connectivity index (χ0) is 13.9. The molecule has 2 heterocycles. The number of para-hydroxylation sites is 1. The molecule has 2 unspecified atom stereocenters. The van der Waals surface area contributed by atoms with Crippen molar-refractivity contribution in [2.45, 2.75) is 24.8 Å². The van der Waals surface area contributed by atoms with Crippen LogP contribution in [0.25, 0.3) is 0 Å². The Bertz CT molecular complexity index is 583. The number of hydrogen-bond donors (Lipinski definition) is 1. The molecular weight excluding hydrogens is 334 g/mol. The normalized spacial score (nSPS) is 19.2. The maximum Gasteiger partial charge on any atom is 0.122 e. The monoisotopic (exact) mass is 351 g/mol. The number of fused-ring (bicyclic) bond motifs is 1. The SMILES string of the molecule is CNC(CC1CCOc2ccccc21)c1csc(Br)c1. The Morgan fingerprint density at radius 1 is 1.45 bits per heavy atom. The van der Waals surface area contributed by atoms with Crippen LogP contribution in [0.4, 0.5) is 0 Å². The predicted molar refractivity (Wildman–Crippen MR) is 87.7 cm³/mol. The van der Waals surface area contributed by atoms with Crippen LogP contribution >= 0.6 is 27.3 Å². The molecule has 1 aromatic carbocycles. The second-order valence-electron chi connectivity index (χ2n) is 5.13. The Hall–Kier alpha value is -0.840. The van der Waals surface area contributed by atoms with Crippen LogP contribution in [0.15, 0.2) is 39.5 Å². The highest BCUT2D eigenvalue weighted by Crippen LogP contribution is 2.39. The van der Waals surface area contributed by atoms with Gasteiger partial charge in [0.1, 0.15) is 5.75 Å². The van der Waals surface area contributed by atoms with Crippen molar-refractivity contribution >= 4 is 27.3 Å². The number of hydrogen-bond acceptors (Lipinski definition) is 3. The van der Waals surface area contributed by atoms with Crippen molar-refractivity contribution in [2.24, 2.45) is 0 Å². The van der Waals surface area contributed by atoms with Crippen LogP contribution in [0.1, 0.15) is 35.9 Å². The fourth-order valence-corrected chi connectivity index (χ4v) is 4.10. The van der Waals surface area contributed by atoms with Crippen LogP contribution < -0.4 is 10.1 Å². The molecule has 4 heteroatoms. The number of nitrogens with one attached hydrogen (secondary N) is 1. The van der Waals surface area contributed by atoms with Crippen molar-refractivity contribution in [3.05, 3.63) is 50.6 Å². The molecule has 1 aliphatic heterocycles. The third-order valence-electron chi connectivity index (χ3n) is 3.94. The second kappa shape index (κ2) is 6.29. The third-order valence-corrected chi connectivity index (χ3v) is 5.46. The van der Waals surface area contributed by atoms with Crippen molar-refractivity contribution in [3.63, 3.8) is 0 Å². The lowest BCUT2D eigenvalue weighted by molar-refractivity contribution is 0.256. The molecule has 0 amide bonds. The summed E-state index contributed by atoms with van der Waals surface area (Å²) >= 11 is 5.30. The van der Waals surface area contributed by atoms with E-state index in [1.54, 1.807) is 11.3 Å². The van der Waals surface area contributed by atoms with E-state index in [9.17, 15) is 0 Å². The van der Waals surface area contributed by atoms with Gasteiger partial charge in [0.05, 0.1) is 10.4 Å². The molecule has 0 saturated carbocycles. The summed E-state index contributed by atoms with van der Waals surface area (Å²) in [7, 11) is 2.04. The lowest BCUT2D eigenvalue weighted by Gasteiger charge is -2.28. The number of rotatable bonds is 4. The number of benzene rings is 1. The van der Waals surface area contributed by atoms with E-state index in [2.05, 4.69) is 50.9 Å². The van der Waals surface area contributed by atoms with Crippen molar-refractivity contribution < 1.29 is 4.74 Å². The first-order valence-electron chi connectivity index (χ1n) is 6.91. The molecule has 0 fully saturated rings. The van der Waals surface area contributed by atoms with E-state index in [4.69, 9.17) is 4.74 Å². The van der Waals surface area contributed by atoms with Gasteiger partial charge in [0.2, 0.25) is 0 Å². The molecule has 2 aromatic rings. The summed E-state index contributed by atoms with van der Waals surface area (Å²) in [5.41, 5.74) is 2.72. The second-order valence-corrected chi connectivity index (χ2v) is 7.42. The first-order valence-corrected chi connectivity index (χ1v) is 8.58. The minimum absolute atomic E-state index is 0.397. The van der Waals surface area contributed by atoms with E-state index in [-0.39, 0.29) is 0 Å². The summed E-state index contributed by atoms with van der Waals surface area (Å²) in [6.07, 6.45) is 2.21. The van der Waals surface area contributed by atoms with Crippen LogP contribution in [0, 0.1) is 0 Å². The molecule has 2 atom stereocenters. The number of halogens is 1. The minimum Gasteiger partial charge on any atom is -0.493 e. The van der Waals surface area contributed by atoms with Gasteiger partial charge in [-0.1, -0.05) is 18.2 Å². The first kappa shape index (κ1) is 14.1. The van der Waals surface area contributed by atoms with E-state index < -0.39 is 0 Å². The molecule has 1 aliphatic rings. The largest absolute Gasteiger partial charge is 0.493 e. The number of thiophene rings is 1. The highest BCUT2D eigenvalue weighted by atomic mass is 79.9.